The van der Waals surface area contributed by atoms with Gasteiger partial charge in [-0.2, -0.15) is 0 Å². The number of carbonyl (C=O) groups excluding carboxylic acids is 2. The van der Waals surface area contributed by atoms with Crippen molar-refractivity contribution in [1.29, 1.82) is 0 Å². The lowest BCUT2D eigenvalue weighted by Crippen LogP contribution is -2.36. The van der Waals surface area contributed by atoms with Gasteiger partial charge in [0.15, 0.2) is 0 Å². The zero-order valence-corrected chi connectivity index (χ0v) is 16.5. The lowest BCUT2D eigenvalue weighted by atomic mass is 9.84. The van der Waals surface area contributed by atoms with Gasteiger partial charge >= 0.3 is 0 Å². The first-order valence-corrected chi connectivity index (χ1v) is 9.52. The summed E-state index contributed by atoms with van der Waals surface area (Å²) in [4.78, 5) is 24.5. The second-order valence-electron chi connectivity index (χ2n) is 8.32. The van der Waals surface area contributed by atoms with Gasteiger partial charge in [0.25, 0.3) is 5.91 Å². The molecule has 0 radical (unpaired) electrons. The summed E-state index contributed by atoms with van der Waals surface area (Å²) in [5.41, 5.74) is 3.58. The molecule has 2 atom stereocenters. The number of rotatable bonds is 6. The zero-order chi connectivity index (χ0) is 19.6. The average Bonchev–Trinajstić information content (AvgIpc) is 3.37. The van der Waals surface area contributed by atoms with E-state index in [0.29, 0.717) is 18.0 Å². The number of nitrogens with one attached hydrogen (secondary N) is 2. The Morgan fingerprint density at radius 2 is 1.78 bits per heavy atom. The first-order valence-electron chi connectivity index (χ1n) is 9.52. The maximum Gasteiger partial charge on any atom is 0.251 e. The smallest absolute Gasteiger partial charge is 0.251 e. The average molecular weight is 364 g/mol. The summed E-state index contributed by atoms with van der Waals surface area (Å²) in [7, 11) is 0. The van der Waals surface area contributed by atoms with E-state index in [2.05, 4.69) is 56.5 Å². The van der Waals surface area contributed by atoms with E-state index >= 15 is 0 Å². The van der Waals surface area contributed by atoms with E-state index in [1.54, 1.807) is 24.3 Å². The first-order chi connectivity index (χ1) is 12.8. The van der Waals surface area contributed by atoms with Crippen LogP contribution < -0.4 is 10.6 Å². The SMILES string of the molecule is Cc1cccc(C(C)(C)CNC(=O)c2ccc(NC(=O)C3CC3C)cc2)c1. The minimum Gasteiger partial charge on any atom is -0.351 e. The summed E-state index contributed by atoms with van der Waals surface area (Å²) in [5, 5.41) is 5.94. The fraction of sp³-hybridized carbons (Fsp3) is 0.391. The number of hydrogen-bond acceptors (Lipinski definition) is 2. The molecule has 1 saturated carbocycles. The van der Waals surface area contributed by atoms with Gasteiger partial charge in [-0.3, -0.25) is 9.59 Å². The van der Waals surface area contributed by atoms with Crippen LogP contribution in [0.2, 0.25) is 0 Å². The summed E-state index contributed by atoms with van der Waals surface area (Å²) in [6.07, 6.45) is 0.961. The highest BCUT2D eigenvalue weighted by molar-refractivity contribution is 5.97. The third kappa shape index (κ3) is 4.76. The van der Waals surface area contributed by atoms with Crippen molar-refractivity contribution in [2.75, 3.05) is 11.9 Å². The van der Waals surface area contributed by atoms with Crippen LogP contribution in [0, 0.1) is 18.8 Å². The molecular weight excluding hydrogens is 336 g/mol. The Hall–Kier alpha value is -2.62. The Balaban J connectivity index is 1.57. The molecule has 4 heteroatoms. The number of benzene rings is 2. The van der Waals surface area contributed by atoms with Crippen LogP contribution in [0.4, 0.5) is 5.69 Å². The molecule has 2 unspecified atom stereocenters. The van der Waals surface area contributed by atoms with Gasteiger partial charge in [0.1, 0.15) is 0 Å². The molecule has 4 nitrogen and oxygen atoms in total. The van der Waals surface area contributed by atoms with Crippen molar-refractivity contribution in [3.63, 3.8) is 0 Å². The van der Waals surface area contributed by atoms with E-state index in [-0.39, 0.29) is 23.1 Å². The number of aryl methyl sites for hydroxylation is 1. The van der Waals surface area contributed by atoms with Crippen LogP contribution in [-0.2, 0) is 10.2 Å². The van der Waals surface area contributed by atoms with Gasteiger partial charge < -0.3 is 10.6 Å². The van der Waals surface area contributed by atoms with E-state index in [1.807, 2.05) is 6.07 Å². The molecule has 2 aromatic rings. The molecule has 0 aromatic heterocycles. The molecule has 2 aromatic carbocycles. The Bertz CT molecular complexity index is 840. The van der Waals surface area contributed by atoms with Crippen molar-refractivity contribution in [2.45, 2.75) is 39.5 Å². The second-order valence-corrected chi connectivity index (χ2v) is 8.32. The van der Waals surface area contributed by atoms with Crippen LogP contribution in [-0.4, -0.2) is 18.4 Å². The van der Waals surface area contributed by atoms with Gasteiger partial charge in [-0.1, -0.05) is 50.6 Å². The van der Waals surface area contributed by atoms with Crippen molar-refractivity contribution >= 4 is 17.5 Å². The fourth-order valence-electron chi connectivity index (χ4n) is 3.20. The van der Waals surface area contributed by atoms with Crippen LogP contribution in [0.15, 0.2) is 48.5 Å². The fourth-order valence-corrected chi connectivity index (χ4v) is 3.20. The Kier molecular flexibility index (Phi) is 5.36. The lowest BCUT2D eigenvalue weighted by molar-refractivity contribution is -0.117. The predicted octanol–water partition coefficient (Wildman–Crippen LogP) is 4.30. The quantitative estimate of drug-likeness (QED) is 0.803. The number of amides is 2. The van der Waals surface area contributed by atoms with Crippen molar-refractivity contribution in [1.82, 2.24) is 5.32 Å². The normalized spacial score (nSPS) is 18.7. The molecular formula is C23H28N2O2. The van der Waals surface area contributed by atoms with E-state index in [9.17, 15) is 9.59 Å². The lowest BCUT2D eigenvalue weighted by Gasteiger charge is -2.26. The Morgan fingerprint density at radius 3 is 2.37 bits per heavy atom. The summed E-state index contributed by atoms with van der Waals surface area (Å²) < 4.78 is 0. The molecule has 2 N–H and O–H groups in total. The maximum atomic E-state index is 12.5. The van der Waals surface area contributed by atoms with E-state index in [4.69, 9.17) is 0 Å². The van der Waals surface area contributed by atoms with Crippen LogP contribution in [0.1, 0.15) is 48.7 Å². The third-order valence-electron chi connectivity index (χ3n) is 5.35. The topological polar surface area (TPSA) is 58.2 Å². The highest BCUT2D eigenvalue weighted by atomic mass is 16.2. The summed E-state index contributed by atoms with van der Waals surface area (Å²) >= 11 is 0. The molecule has 0 heterocycles. The molecule has 142 valence electrons. The highest BCUT2D eigenvalue weighted by Crippen LogP contribution is 2.38. The van der Waals surface area contributed by atoms with Crippen molar-refractivity contribution in [3.8, 4) is 0 Å². The van der Waals surface area contributed by atoms with Gasteiger partial charge in [-0.15, -0.1) is 0 Å². The van der Waals surface area contributed by atoms with E-state index < -0.39 is 0 Å². The van der Waals surface area contributed by atoms with Crippen LogP contribution in [0.25, 0.3) is 0 Å². The van der Waals surface area contributed by atoms with Gasteiger partial charge in [0, 0.05) is 29.1 Å². The molecule has 0 bridgehead atoms. The molecule has 27 heavy (non-hydrogen) atoms. The largest absolute Gasteiger partial charge is 0.351 e. The minimum atomic E-state index is -0.156. The van der Waals surface area contributed by atoms with Gasteiger partial charge in [-0.25, -0.2) is 0 Å². The van der Waals surface area contributed by atoms with E-state index in [0.717, 1.165) is 12.1 Å². The number of carbonyl (C=O) groups is 2. The van der Waals surface area contributed by atoms with Crippen LogP contribution >= 0.6 is 0 Å². The highest BCUT2D eigenvalue weighted by Gasteiger charge is 2.39. The summed E-state index contributed by atoms with van der Waals surface area (Å²) in [6, 6.07) is 15.4. The van der Waals surface area contributed by atoms with Crippen LogP contribution in [0.5, 0.6) is 0 Å². The molecule has 2 amide bonds. The van der Waals surface area contributed by atoms with Crippen LogP contribution in [0.3, 0.4) is 0 Å². The predicted molar refractivity (Wildman–Crippen MR) is 109 cm³/mol. The van der Waals surface area contributed by atoms with Crippen molar-refractivity contribution in [2.24, 2.45) is 11.8 Å². The second kappa shape index (κ2) is 7.55. The van der Waals surface area contributed by atoms with Gasteiger partial charge in [0.2, 0.25) is 5.91 Å². The van der Waals surface area contributed by atoms with Gasteiger partial charge in [-0.05, 0) is 49.1 Å². The number of hydrogen-bond donors (Lipinski definition) is 2. The standard InChI is InChI=1S/C23H28N2O2/c1-15-6-5-7-18(12-15)23(3,4)14-24-21(26)17-8-10-19(11-9-17)25-22(27)20-13-16(20)2/h5-12,16,20H,13-14H2,1-4H3,(H,24,26)(H,25,27). The zero-order valence-electron chi connectivity index (χ0n) is 16.5. The Labute approximate surface area is 161 Å². The van der Waals surface area contributed by atoms with Gasteiger partial charge in [0.05, 0.1) is 0 Å². The first kappa shape index (κ1) is 19.2. The molecule has 0 spiro atoms. The number of anilines is 1. The summed E-state index contributed by atoms with van der Waals surface area (Å²) in [5.74, 6) is 0.577. The molecule has 0 saturated heterocycles. The monoisotopic (exact) mass is 364 g/mol. The molecule has 1 aliphatic carbocycles. The minimum absolute atomic E-state index is 0.0691. The van der Waals surface area contributed by atoms with Crippen molar-refractivity contribution < 1.29 is 9.59 Å². The molecule has 0 aliphatic heterocycles. The Morgan fingerprint density at radius 1 is 1.11 bits per heavy atom. The van der Waals surface area contributed by atoms with Crippen molar-refractivity contribution in [3.05, 3.63) is 65.2 Å². The van der Waals surface area contributed by atoms with E-state index in [1.165, 1.54) is 11.1 Å². The molecule has 3 rings (SSSR count). The molecule has 1 fully saturated rings. The third-order valence-corrected chi connectivity index (χ3v) is 5.35. The molecule has 1 aliphatic rings. The maximum absolute atomic E-state index is 12.5. The summed E-state index contributed by atoms with van der Waals surface area (Å²) in [6.45, 7) is 8.95.